The lowest BCUT2D eigenvalue weighted by molar-refractivity contribution is -0.141. The van der Waals surface area contributed by atoms with Crippen LogP contribution in [0, 0.1) is 0 Å². The molecule has 0 aliphatic carbocycles. The number of sulfonamides is 1. The molecule has 0 amide bonds. The summed E-state index contributed by atoms with van der Waals surface area (Å²) in [7, 11) is -4.00. The van der Waals surface area contributed by atoms with Crippen molar-refractivity contribution in [3.8, 4) is 0 Å². The van der Waals surface area contributed by atoms with Crippen LogP contribution in [0.3, 0.4) is 0 Å². The van der Waals surface area contributed by atoms with E-state index < -0.39 is 28.1 Å². The molecule has 1 aromatic heterocycles. The molecule has 1 heterocycles. The van der Waals surface area contributed by atoms with Gasteiger partial charge in [-0.1, -0.05) is 0 Å². The van der Waals surface area contributed by atoms with Crippen LogP contribution in [-0.4, -0.2) is 41.7 Å². The van der Waals surface area contributed by atoms with Crippen molar-refractivity contribution in [2.45, 2.75) is 24.0 Å². The molecule has 0 spiro atoms. The highest BCUT2D eigenvalue weighted by molar-refractivity contribution is 7.89. The van der Waals surface area contributed by atoms with Crippen molar-refractivity contribution in [1.82, 2.24) is 9.71 Å². The summed E-state index contributed by atoms with van der Waals surface area (Å²) in [5.41, 5.74) is 0. The molecule has 0 unspecified atom stereocenters. The Kier molecular flexibility index (Phi) is 4.16. The zero-order valence-corrected chi connectivity index (χ0v) is 9.76. The SMILES string of the molecule is C[C@@H](O)[C@H](NS(=O)(=O)c1cccnc1)C(=O)O. The van der Waals surface area contributed by atoms with E-state index >= 15 is 0 Å². The Morgan fingerprint density at radius 1 is 1.53 bits per heavy atom. The Morgan fingerprint density at radius 3 is 2.59 bits per heavy atom. The molecule has 0 saturated heterocycles. The highest BCUT2D eigenvalue weighted by atomic mass is 32.2. The van der Waals surface area contributed by atoms with Crippen molar-refractivity contribution in [3.05, 3.63) is 24.5 Å². The van der Waals surface area contributed by atoms with Gasteiger partial charge in [-0.3, -0.25) is 9.78 Å². The predicted octanol–water partition coefficient (Wildman–Crippen LogP) is -0.806. The topological polar surface area (TPSA) is 117 Å². The zero-order chi connectivity index (χ0) is 13.1. The summed E-state index contributed by atoms with van der Waals surface area (Å²) >= 11 is 0. The van der Waals surface area contributed by atoms with Crippen LogP contribution in [0.25, 0.3) is 0 Å². The lowest BCUT2D eigenvalue weighted by atomic mass is 10.2. The fourth-order valence-corrected chi connectivity index (χ4v) is 2.32. The molecule has 3 N–H and O–H groups in total. The van der Waals surface area contributed by atoms with Crippen molar-refractivity contribution < 1.29 is 23.4 Å². The van der Waals surface area contributed by atoms with Gasteiger partial charge in [-0.15, -0.1) is 0 Å². The molecule has 2 atom stereocenters. The summed E-state index contributed by atoms with van der Waals surface area (Å²) in [4.78, 5) is 14.2. The van der Waals surface area contributed by atoms with Crippen molar-refractivity contribution in [3.63, 3.8) is 0 Å². The number of aliphatic hydroxyl groups excluding tert-OH is 1. The highest BCUT2D eigenvalue weighted by Gasteiger charge is 2.29. The Hall–Kier alpha value is -1.51. The second-order valence-electron chi connectivity index (χ2n) is 3.37. The van der Waals surface area contributed by atoms with E-state index in [-0.39, 0.29) is 4.90 Å². The second-order valence-corrected chi connectivity index (χ2v) is 5.08. The number of nitrogens with zero attached hydrogens (tertiary/aromatic N) is 1. The lowest BCUT2D eigenvalue weighted by Crippen LogP contribution is -2.47. The Morgan fingerprint density at radius 2 is 2.18 bits per heavy atom. The average molecular weight is 260 g/mol. The number of carbonyl (C=O) groups is 1. The third kappa shape index (κ3) is 3.48. The van der Waals surface area contributed by atoms with Gasteiger partial charge >= 0.3 is 5.97 Å². The molecule has 0 aliphatic heterocycles. The third-order valence-corrected chi connectivity index (χ3v) is 3.40. The smallest absolute Gasteiger partial charge is 0.324 e. The quantitative estimate of drug-likeness (QED) is 0.637. The maximum absolute atomic E-state index is 11.7. The number of carboxylic acid groups (broad SMARTS) is 1. The van der Waals surface area contributed by atoms with Gasteiger partial charge in [0.25, 0.3) is 0 Å². The van der Waals surface area contributed by atoms with Crippen LogP contribution in [0.15, 0.2) is 29.4 Å². The molecule has 8 heteroatoms. The number of aliphatic carboxylic acids is 1. The van der Waals surface area contributed by atoms with Crippen LogP contribution in [0.4, 0.5) is 0 Å². The predicted molar refractivity (Wildman–Crippen MR) is 57.7 cm³/mol. The minimum atomic E-state index is -4.00. The summed E-state index contributed by atoms with van der Waals surface area (Å²) in [5.74, 6) is -1.45. The van der Waals surface area contributed by atoms with Gasteiger partial charge < -0.3 is 10.2 Å². The maximum Gasteiger partial charge on any atom is 0.324 e. The Labute approximate surface area is 98.2 Å². The molecule has 7 nitrogen and oxygen atoms in total. The molecule has 0 saturated carbocycles. The monoisotopic (exact) mass is 260 g/mol. The number of pyridine rings is 1. The molecule has 1 aromatic rings. The summed E-state index contributed by atoms with van der Waals surface area (Å²) < 4.78 is 25.3. The second kappa shape index (κ2) is 5.21. The van der Waals surface area contributed by atoms with Crippen molar-refractivity contribution in [2.24, 2.45) is 0 Å². The van der Waals surface area contributed by atoms with Gasteiger partial charge in [-0.2, -0.15) is 4.72 Å². The van der Waals surface area contributed by atoms with Gasteiger partial charge in [0.15, 0.2) is 0 Å². The molecule has 0 aliphatic rings. The first-order chi connectivity index (χ1) is 7.84. The van der Waals surface area contributed by atoms with Gasteiger partial charge in [0, 0.05) is 12.4 Å². The van der Waals surface area contributed by atoms with E-state index in [1.165, 1.54) is 25.3 Å². The minimum absolute atomic E-state index is 0.160. The molecule has 94 valence electrons. The van der Waals surface area contributed by atoms with E-state index in [0.29, 0.717) is 0 Å². The Balaban J connectivity index is 2.97. The largest absolute Gasteiger partial charge is 0.480 e. The van der Waals surface area contributed by atoms with Crippen molar-refractivity contribution >= 4 is 16.0 Å². The first-order valence-electron chi connectivity index (χ1n) is 4.68. The molecule has 0 aromatic carbocycles. The Bertz CT molecular complexity index is 485. The van der Waals surface area contributed by atoms with E-state index in [1.807, 2.05) is 4.72 Å². The number of aromatic nitrogens is 1. The number of nitrogens with one attached hydrogen (secondary N) is 1. The standard InChI is InChI=1S/C9H12N2O5S/c1-6(12)8(9(13)14)11-17(15,16)7-3-2-4-10-5-7/h2-6,8,11-12H,1H3,(H,13,14)/t6-,8+/m1/s1. The minimum Gasteiger partial charge on any atom is -0.480 e. The van der Waals surface area contributed by atoms with E-state index in [0.717, 1.165) is 6.20 Å². The van der Waals surface area contributed by atoms with Gasteiger partial charge in [-0.25, -0.2) is 8.42 Å². The molecule has 0 fully saturated rings. The number of rotatable bonds is 5. The van der Waals surface area contributed by atoms with Gasteiger partial charge in [0.2, 0.25) is 10.0 Å². The number of aliphatic hydroxyl groups is 1. The van der Waals surface area contributed by atoms with Gasteiger partial charge in [-0.05, 0) is 19.1 Å². The van der Waals surface area contributed by atoms with Crippen LogP contribution < -0.4 is 4.72 Å². The normalized spacial score (nSPS) is 15.2. The third-order valence-electron chi connectivity index (χ3n) is 1.98. The van der Waals surface area contributed by atoms with Crippen LogP contribution >= 0.6 is 0 Å². The summed E-state index contributed by atoms with van der Waals surface area (Å²) in [6.45, 7) is 1.19. The fourth-order valence-electron chi connectivity index (χ4n) is 1.10. The molecular weight excluding hydrogens is 248 g/mol. The molecule has 0 radical (unpaired) electrons. The van der Waals surface area contributed by atoms with Crippen LogP contribution in [0.1, 0.15) is 6.92 Å². The first kappa shape index (κ1) is 13.6. The van der Waals surface area contributed by atoms with Crippen LogP contribution in [0.5, 0.6) is 0 Å². The van der Waals surface area contributed by atoms with E-state index in [1.54, 1.807) is 0 Å². The summed E-state index contributed by atoms with van der Waals surface area (Å²) in [6, 6.07) is 1.09. The lowest BCUT2D eigenvalue weighted by Gasteiger charge is -2.16. The molecule has 17 heavy (non-hydrogen) atoms. The van der Waals surface area contributed by atoms with Crippen molar-refractivity contribution in [1.29, 1.82) is 0 Å². The maximum atomic E-state index is 11.7. The summed E-state index contributed by atoms with van der Waals surface area (Å²) in [5, 5.41) is 17.9. The van der Waals surface area contributed by atoms with Crippen LogP contribution in [0.2, 0.25) is 0 Å². The highest BCUT2D eigenvalue weighted by Crippen LogP contribution is 2.07. The average Bonchev–Trinajstić information content (AvgIpc) is 2.26. The van der Waals surface area contributed by atoms with Crippen molar-refractivity contribution in [2.75, 3.05) is 0 Å². The molecule has 1 rings (SSSR count). The number of carboxylic acids is 1. The zero-order valence-electron chi connectivity index (χ0n) is 8.94. The van der Waals surface area contributed by atoms with Gasteiger partial charge in [0.05, 0.1) is 6.10 Å². The van der Waals surface area contributed by atoms with E-state index in [9.17, 15) is 13.2 Å². The van der Waals surface area contributed by atoms with Gasteiger partial charge in [0.1, 0.15) is 10.9 Å². The van der Waals surface area contributed by atoms with E-state index in [4.69, 9.17) is 10.2 Å². The molecular formula is C9H12N2O5S. The van der Waals surface area contributed by atoms with E-state index in [2.05, 4.69) is 4.98 Å². The first-order valence-corrected chi connectivity index (χ1v) is 6.16. The molecule has 0 bridgehead atoms. The van der Waals surface area contributed by atoms with Crippen LogP contribution in [-0.2, 0) is 14.8 Å². The number of hydrogen-bond acceptors (Lipinski definition) is 5. The number of hydrogen-bond donors (Lipinski definition) is 3. The summed E-state index contributed by atoms with van der Waals surface area (Å²) in [6.07, 6.45) is 1.13. The fraction of sp³-hybridized carbons (Fsp3) is 0.333.